The van der Waals surface area contributed by atoms with Crippen molar-refractivity contribution in [2.75, 3.05) is 0 Å². The zero-order chi connectivity index (χ0) is 14.7. The van der Waals surface area contributed by atoms with Gasteiger partial charge < -0.3 is 0 Å². The first-order valence-corrected chi connectivity index (χ1v) is 8.84. The van der Waals surface area contributed by atoms with Gasteiger partial charge in [0, 0.05) is 30.0 Å². The number of rotatable bonds is 0. The normalized spacial score (nSPS) is 11.9. The second kappa shape index (κ2) is 4.55. The lowest BCUT2D eigenvalue weighted by atomic mass is 10.00. The fourth-order valence-corrected chi connectivity index (χ4v) is 4.91. The molecule has 0 N–H and O–H groups in total. The molecule has 0 aliphatic carbocycles. The molecule has 0 saturated heterocycles. The van der Waals surface area contributed by atoms with Crippen molar-refractivity contribution in [3.05, 3.63) is 71.2 Å². The molecule has 0 radical (unpaired) electrons. The predicted octanol–water partition coefficient (Wildman–Crippen LogP) is 7.12. The first-order valence-electron chi connectivity index (χ1n) is 7.23. The number of hydrogen-bond donors (Lipinski definition) is 0. The molecule has 0 aliphatic rings. The molecule has 22 heavy (non-hydrogen) atoms. The van der Waals surface area contributed by atoms with Crippen LogP contribution in [0.5, 0.6) is 0 Å². The molecule has 0 bridgehead atoms. The monoisotopic (exact) mass is 362 g/mol. The summed E-state index contributed by atoms with van der Waals surface area (Å²) in [7, 11) is 0. The fourth-order valence-electron chi connectivity index (χ4n) is 3.30. The molecule has 0 saturated carbocycles. The maximum Gasteiger partial charge on any atom is 0.0434 e. The van der Waals surface area contributed by atoms with Crippen LogP contribution < -0.4 is 0 Å². The van der Waals surface area contributed by atoms with Gasteiger partial charge in [-0.1, -0.05) is 64.5 Å². The number of thiophene rings is 1. The number of halogens is 1. The Bertz CT molecular complexity index is 1180. The highest BCUT2D eigenvalue weighted by molar-refractivity contribution is 9.10. The molecule has 2 heteroatoms. The number of fused-ring (bicyclic) bond motifs is 7. The first-order chi connectivity index (χ1) is 10.8. The van der Waals surface area contributed by atoms with E-state index in [1.165, 1.54) is 41.7 Å². The van der Waals surface area contributed by atoms with Crippen LogP contribution in [0, 0.1) is 0 Å². The Labute approximate surface area is 140 Å². The topological polar surface area (TPSA) is 0 Å². The van der Waals surface area contributed by atoms with Crippen LogP contribution in [-0.4, -0.2) is 0 Å². The Hall–Kier alpha value is -1.90. The average molecular weight is 363 g/mol. The van der Waals surface area contributed by atoms with E-state index in [0.29, 0.717) is 0 Å². The highest BCUT2D eigenvalue weighted by Gasteiger charge is 2.09. The molecule has 5 aromatic rings. The number of benzene rings is 4. The van der Waals surface area contributed by atoms with Gasteiger partial charge in [-0.2, -0.15) is 0 Å². The molecule has 1 heterocycles. The van der Waals surface area contributed by atoms with Gasteiger partial charge in [0.05, 0.1) is 0 Å². The molecular formula is C20H11BrS. The van der Waals surface area contributed by atoms with Crippen LogP contribution >= 0.6 is 27.3 Å². The second-order valence-corrected chi connectivity index (χ2v) is 7.53. The van der Waals surface area contributed by atoms with Crippen LogP contribution in [-0.2, 0) is 0 Å². The molecule has 0 aliphatic heterocycles. The van der Waals surface area contributed by atoms with Crippen LogP contribution in [0.15, 0.2) is 71.2 Å². The van der Waals surface area contributed by atoms with Crippen molar-refractivity contribution in [3.8, 4) is 0 Å². The van der Waals surface area contributed by atoms with Crippen molar-refractivity contribution >= 4 is 69.0 Å². The minimum absolute atomic E-state index is 1.13. The lowest BCUT2D eigenvalue weighted by Gasteiger charge is -2.05. The molecule has 5 rings (SSSR count). The van der Waals surface area contributed by atoms with Crippen molar-refractivity contribution in [1.29, 1.82) is 0 Å². The Balaban J connectivity index is 2.02. The van der Waals surface area contributed by atoms with E-state index in [0.717, 1.165) is 4.47 Å². The second-order valence-electron chi connectivity index (χ2n) is 5.57. The average Bonchev–Trinajstić information content (AvgIpc) is 2.93. The summed E-state index contributed by atoms with van der Waals surface area (Å²) in [5.74, 6) is 0. The summed E-state index contributed by atoms with van der Waals surface area (Å²) in [5.41, 5.74) is 0. The van der Waals surface area contributed by atoms with Crippen molar-refractivity contribution in [3.63, 3.8) is 0 Å². The molecule has 0 amide bonds. The van der Waals surface area contributed by atoms with Crippen LogP contribution in [0.25, 0.3) is 41.7 Å². The summed E-state index contributed by atoms with van der Waals surface area (Å²) in [6.07, 6.45) is 0. The van der Waals surface area contributed by atoms with E-state index < -0.39 is 0 Å². The van der Waals surface area contributed by atoms with Gasteiger partial charge in [-0.05, 0) is 34.4 Å². The van der Waals surface area contributed by atoms with Gasteiger partial charge in [-0.15, -0.1) is 11.3 Å². The molecule has 0 atom stereocenters. The van der Waals surface area contributed by atoms with Crippen LogP contribution in [0.4, 0.5) is 0 Å². The molecule has 0 nitrogen and oxygen atoms in total. The van der Waals surface area contributed by atoms with Crippen molar-refractivity contribution in [1.82, 2.24) is 0 Å². The van der Waals surface area contributed by atoms with Gasteiger partial charge >= 0.3 is 0 Å². The number of hydrogen-bond acceptors (Lipinski definition) is 1. The van der Waals surface area contributed by atoms with E-state index in [-0.39, 0.29) is 0 Å². The van der Waals surface area contributed by atoms with Crippen LogP contribution in [0.2, 0.25) is 0 Å². The quantitative estimate of drug-likeness (QED) is 0.257. The van der Waals surface area contributed by atoms with Gasteiger partial charge in [0.15, 0.2) is 0 Å². The molecule has 0 fully saturated rings. The molecule has 0 spiro atoms. The molecule has 104 valence electrons. The van der Waals surface area contributed by atoms with Crippen molar-refractivity contribution in [2.24, 2.45) is 0 Å². The third kappa shape index (κ3) is 1.68. The van der Waals surface area contributed by atoms with E-state index >= 15 is 0 Å². The van der Waals surface area contributed by atoms with Crippen molar-refractivity contribution < 1.29 is 0 Å². The molecule has 4 aromatic carbocycles. The Kier molecular flexibility index (Phi) is 2.61. The minimum atomic E-state index is 1.13. The Morgan fingerprint density at radius 3 is 2.32 bits per heavy atom. The van der Waals surface area contributed by atoms with Crippen molar-refractivity contribution in [2.45, 2.75) is 0 Å². The summed E-state index contributed by atoms with van der Waals surface area (Å²) < 4.78 is 3.88. The predicted molar refractivity (Wildman–Crippen MR) is 102 cm³/mol. The molecule has 0 unspecified atom stereocenters. The SMILES string of the molecule is Brc1ccc2c(ccc3c2ccc2c4ccccc4sc23)c1. The van der Waals surface area contributed by atoms with E-state index in [1.54, 1.807) is 0 Å². The van der Waals surface area contributed by atoms with E-state index in [1.807, 2.05) is 11.3 Å². The summed E-state index contributed by atoms with van der Waals surface area (Å²) in [6.45, 7) is 0. The standard InChI is InChI=1S/C20H11BrS/c21-13-6-8-14-12(11-13)5-7-17-15(14)9-10-18-16-3-1-2-4-19(16)22-20(17)18/h1-11H. The minimum Gasteiger partial charge on any atom is -0.135 e. The first kappa shape index (κ1) is 12.6. The highest BCUT2D eigenvalue weighted by Crippen LogP contribution is 2.40. The largest absolute Gasteiger partial charge is 0.135 e. The van der Waals surface area contributed by atoms with E-state index in [2.05, 4.69) is 82.7 Å². The highest BCUT2D eigenvalue weighted by atomic mass is 79.9. The third-order valence-corrected chi connectivity index (χ3v) is 6.03. The lowest BCUT2D eigenvalue weighted by Crippen LogP contribution is -1.78. The smallest absolute Gasteiger partial charge is 0.0434 e. The lowest BCUT2D eigenvalue weighted by molar-refractivity contribution is 1.74. The zero-order valence-corrected chi connectivity index (χ0v) is 14.0. The third-order valence-electron chi connectivity index (χ3n) is 4.32. The zero-order valence-electron chi connectivity index (χ0n) is 11.6. The van der Waals surface area contributed by atoms with Gasteiger partial charge in [0.25, 0.3) is 0 Å². The summed E-state index contributed by atoms with van der Waals surface area (Å²) in [4.78, 5) is 0. The maximum atomic E-state index is 3.56. The summed E-state index contributed by atoms with van der Waals surface area (Å²) in [6, 6.07) is 24.2. The van der Waals surface area contributed by atoms with Gasteiger partial charge in [-0.3, -0.25) is 0 Å². The summed E-state index contributed by atoms with van der Waals surface area (Å²) >= 11 is 5.46. The maximum absolute atomic E-state index is 3.56. The molecule has 1 aromatic heterocycles. The van der Waals surface area contributed by atoms with Crippen LogP contribution in [0.3, 0.4) is 0 Å². The van der Waals surface area contributed by atoms with Gasteiger partial charge in [0.2, 0.25) is 0 Å². The van der Waals surface area contributed by atoms with Gasteiger partial charge in [0.1, 0.15) is 0 Å². The van der Waals surface area contributed by atoms with Crippen LogP contribution in [0.1, 0.15) is 0 Å². The van der Waals surface area contributed by atoms with E-state index in [9.17, 15) is 0 Å². The molecular weight excluding hydrogens is 352 g/mol. The van der Waals surface area contributed by atoms with Gasteiger partial charge in [-0.25, -0.2) is 0 Å². The Morgan fingerprint density at radius 1 is 0.636 bits per heavy atom. The fraction of sp³-hybridized carbons (Fsp3) is 0. The van der Waals surface area contributed by atoms with E-state index in [4.69, 9.17) is 0 Å². The summed E-state index contributed by atoms with van der Waals surface area (Å²) in [5, 5.41) is 8.02. The Morgan fingerprint density at radius 2 is 1.36 bits per heavy atom.